The molecule has 3 amide bonds. The molecule has 10 heteroatoms. The van der Waals surface area contributed by atoms with Crippen LogP contribution in [0.15, 0.2) is 110 Å². The van der Waals surface area contributed by atoms with E-state index < -0.39 is 48.1 Å². The van der Waals surface area contributed by atoms with Crippen molar-refractivity contribution in [2.24, 2.45) is 11.8 Å². The number of benzene rings is 3. The van der Waals surface area contributed by atoms with Crippen LogP contribution in [0.25, 0.3) is 0 Å². The van der Waals surface area contributed by atoms with Crippen LogP contribution in [0.4, 0.5) is 11.4 Å². The fourth-order valence-electron chi connectivity index (χ4n) is 7.60. The number of anilines is 2. The Hall–Kier alpha value is -4.25. The molecule has 1 N–H and O–H groups in total. The number of likely N-dealkylation sites (tertiary alicyclic amines) is 1. The molecule has 3 aliphatic heterocycles. The van der Waals surface area contributed by atoms with Gasteiger partial charge in [-0.2, -0.15) is 0 Å². The van der Waals surface area contributed by atoms with E-state index >= 15 is 4.79 Å². The number of fused-ring (bicyclic) bond motifs is 1. The number of para-hydroxylation sites is 1. The van der Waals surface area contributed by atoms with Crippen molar-refractivity contribution in [2.75, 3.05) is 36.6 Å². The number of methoxy groups -OCH3 is 1. The van der Waals surface area contributed by atoms with Gasteiger partial charge in [-0.3, -0.25) is 14.4 Å². The summed E-state index contributed by atoms with van der Waals surface area (Å²) in [6.07, 6.45) is 2.95. The Morgan fingerprint density at radius 2 is 1.55 bits per heavy atom. The Morgan fingerprint density at radius 1 is 0.979 bits per heavy atom. The van der Waals surface area contributed by atoms with E-state index in [1.807, 2.05) is 60.7 Å². The molecule has 2 bridgehead atoms. The first-order valence-corrected chi connectivity index (χ1v) is 16.6. The third kappa shape index (κ3) is 5.48. The van der Waals surface area contributed by atoms with E-state index in [0.717, 1.165) is 0 Å². The van der Waals surface area contributed by atoms with E-state index in [1.165, 1.54) is 4.90 Å². The molecule has 3 aromatic carbocycles. The normalized spacial score (nSPS) is 26.4. The number of nitrogens with zero attached hydrogens (tertiary/aromatic N) is 3. The fraction of sp³-hybridized carbons (Fsp3) is 0.324. The molecule has 3 fully saturated rings. The molecule has 47 heavy (non-hydrogen) atoms. The molecule has 0 aromatic heterocycles. The van der Waals surface area contributed by atoms with Gasteiger partial charge in [0, 0.05) is 29.3 Å². The molecule has 0 saturated carbocycles. The van der Waals surface area contributed by atoms with Crippen LogP contribution < -0.4 is 14.5 Å². The fourth-order valence-corrected chi connectivity index (χ4v) is 8.54. The van der Waals surface area contributed by atoms with E-state index in [-0.39, 0.29) is 29.7 Å². The van der Waals surface area contributed by atoms with E-state index in [4.69, 9.17) is 9.47 Å². The maximum atomic E-state index is 15.0. The maximum absolute atomic E-state index is 15.0. The minimum Gasteiger partial charge on any atom is -0.497 e. The molecular formula is C37H38BrN3O6. The van der Waals surface area contributed by atoms with Gasteiger partial charge in [-0.15, -0.1) is 13.2 Å². The molecule has 0 radical (unpaired) electrons. The number of hydrogen-bond acceptors (Lipinski definition) is 6. The van der Waals surface area contributed by atoms with Crippen molar-refractivity contribution < 1.29 is 29.0 Å². The SMILES string of the molecule is C=CCN(C(=O)C1N([C@H](CO)c2ccccc2)C(=O)[C@@H]2[C@H](C(=O)N(CC=C)c3ccccc3)[C@H]3OC12CC3Br)c1ccc(OC)cc1. The first kappa shape index (κ1) is 32.7. The van der Waals surface area contributed by atoms with Gasteiger partial charge in [0.15, 0.2) is 0 Å². The molecule has 0 aliphatic carbocycles. The topological polar surface area (TPSA) is 99.6 Å². The molecular weight excluding hydrogens is 662 g/mol. The lowest BCUT2D eigenvalue weighted by atomic mass is 9.70. The Balaban J connectivity index is 1.49. The van der Waals surface area contributed by atoms with Gasteiger partial charge in [0.05, 0.1) is 37.7 Å². The maximum Gasteiger partial charge on any atom is 0.253 e. The number of alkyl halides is 1. The summed E-state index contributed by atoms with van der Waals surface area (Å²) in [5.74, 6) is -2.28. The van der Waals surface area contributed by atoms with Crippen LogP contribution in [0.2, 0.25) is 0 Å². The molecule has 6 rings (SSSR count). The quantitative estimate of drug-likeness (QED) is 0.213. The number of amides is 3. The summed E-state index contributed by atoms with van der Waals surface area (Å²) >= 11 is 3.77. The zero-order valence-corrected chi connectivity index (χ0v) is 27.7. The average molecular weight is 701 g/mol. The van der Waals surface area contributed by atoms with Crippen LogP contribution in [0.1, 0.15) is 18.0 Å². The number of aliphatic hydroxyl groups excluding tert-OH is 1. The minimum absolute atomic E-state index is 0.157. The average Bonchev–Trinajstić information content (AvgIpc) is 3.70. The predicted octanol–water partition coefficient (Wildman–Crippen LogP) is 4.92. The standard InChI is InChI=1S/C37H38BrN3O6/c1-4-20-39(25-14-10-7-11-15-25)34(43)30-31-35(44)41(29(23-42)24-12-8-6-9-13-24)33(37(31)22-28(38)32(30)47-37)36(45)40(21-5-2)26-16-18-27(46-3)19-17-26/h4-19,28-33,42H,1-2,20-23H2,3H3/t28?,29-,30+,31+,32+,33?,37?/m1/s1. The summed E-state index contributed by atoms with van der Waals surface area (Å²) < 4.78 is 12.1. The van der Waals surface area contributed by atoms with Crippen molar-refractivity contribution in [2.45, 2.75) is 35.0 Å². The minimum atomic E-state index is -1.34. The second-order valence-corrected chi connectivity index (χ2v) is 13.2. The smallest absolute Gasteiger partial charge is 0.253 e. The van der Waals surface area contributed by atoms with Crippen molar-refractivity contribution in [3.05, 3.63) is 116 Å². The Morgan fingerprint density at radius 3 is 2.13 bits per heavy atom. The number of halogens is 1. The molecule has 3 aliphatic rings. The van der Waals surface area contributed by atoms with E-state index in [9.17, 15) is 14.7 Å². The molecule has 244 valence electrons. The van der Waals surface area contributed by atoms with E-state index in [2.05, 4.69) is 29.1 Å². The van der Waals surface area contributed by atoms with Gasteiger partial charge in [-0.05, 0) is 48.4 Å². The Labute approximate surface area is 283 Å². The Kier molecular flexibility index (Phi) is 9.36. The summed E-state index contributed by atoms with van der Waals surface area (Å²) in [6, 6.07) is 23.5. The number of carbonyl (C=O) groups excluding carboxylic acids is 3. The zero-order chi connectivity index (χ0) is 33.3. The van der Waals surface area contributed by atoms with Gasteiger partial charge in [-0.1, -0.05) is 76.6 Å². The summed E-state index contributed by atoms with van der Waals surface area (Å²) in [5.41, 5.74) is 0.588. The highest BCUT2D eigenvalue weighted by Crippen LogP contribution is 2.61. The summed E-state index contributed by atoms with van der Waals surface area (Å²) in [7, 11) is 1.57. The van der Waals surface area contributed by atoms with Crippen molar-refractivity contribution >= 4 is 45.0 Å². The second-order valence-electron chi connectivity index (χ2n) is 12.0. The summed E-state index contributed by atoms with van der Waals surface area (Å²) in [5, 5.41) is 10.9. The highest BCUT2D eigenvalue weighted by atomic mass is 79.9. The van der Waals surface area contributed by atoms with Gasteiger partial charge in [0.25, 0.3) is 5.91 Å². The van der Waals surface area contributed by atoms with Crippen LogP contribution >= 0.6 is 15.9 Å². The van der Waals surface area contributed by atoms with Crippen molar-refractivity contribution in [1.29, 1.82) is 0 Å². The van der Waals surface area contributed by atoms with Crippen LogP contribution in [0.5, 0.6) is 5.75 Å². The van der Waals surface area contributed by atoms with Gasteiger partial charge in [0.2, 0.25) is 11.8 Å². The van der Waals surface area contributed by atoms with Crippen molar-refractivity contribution in [1.82, 2.24) is 4.90 Å². The lowest BCUT2D eigenvalue weighted by Crippen LogP contribution is -2.58. The Bertz CT molecular complexity index is 1640. The predicted molar refractivity (Wildman–Crippen MR) is 183 cm³/mol. The number of hydrogen-bond donors (Lipinski definition) is 1. The molecule has 3 aromatic rings. The summed E-state index contributed by atoms with van der Waals surface area (Å²) in [6.45, 7) is 7.71. The van der Waals surface area contributed by atoms with Crippen LogP contribution in [0, 0.1) is 11.8 Å². The molecule has 3 saturated heterocycles. The van der Waals surface area contributed by atoms with E-state index in [0.29, 0.717) is 29.1 Å². The number of aliphatic hydroxyl groups is 1. The highest BCUT2D eigenvalue weighted by Gasteiger charge is 2.77. The molecule has 3 heterocycles. The highest BCUT2D eigenvalue weighted by molar-refractivity contribution is 9.09. The number of carbonyl (C=O) groups is 3. The van der Waals surface area contributed by atoms with Gasteiger partial charge < -0.3 is 29.3 Å². The molecule has 9 nitrogen and oxygen atoms in total. The third-order valence-corrected chi connectivity index (χ3v) is 10.4. The lowest BCUT2D eigenvalue weighted by molar-refractivity contribution is -0.144. The second kappa shape index (κ2) is 13.5. The van der Waals surface area contributed by atoms with Crippen molar-refractivity contribution in [3.63, 3.8) is 0 Å². The zero-order valence-electron chi connectivity index (χ0n) is 26.2. The largest absolute Gasteiger partial charge is 0.497 e. The first-order valence-electron chi connectivity index (χ1n) is 15.6. The van der Waals surface area contributed by atoms with Crippen LogP contribution in [-0.4, -0.2) is 77.1 Å². The third-order valence-electron chi connectivity index (χ3n) is 9.55. The molecule has 3 unspecified atom stereocenters. The van der Waals surface area contributed by atoms with E-state index in [1.54, 1.807) is 53.3 Å². The molecule has 7 atom stereocenters. The number of ether oxygens (including phenoxy) is 2. The van der Waals surface area contributed by atoms with Crippen molar-refractivity contribution in [3.8, 4) is 5.75 Å². The summed E-state index contributed by atoms with van der Waals surface area (Å²) in [4.78, 5) is 48.9. The monoisotopic (exact) mass is 699 g/mol. The lowest BCUT2D eigenvalue weighted by Gasteiger charge is -2.39. The van der Waals surface area contributed by atoms with Gasteiger partial charge >= 0.3 is 0 Å². The van der Waals surface area contributed by atoms with Crippen LogP contribution in [-0.2, 0) is 19.1 Å². The van der Waals surface area contributed by atoms with Crippen LogP contribution in [0.3, 0.4) is 0 Å². The molecule has 1 spiro atoms. The van der Waals surface area contributed by atoms with Gasteiger partial charge in [-0.25, -0.2) is 0 Å². The van der Waals surface area contributed by atoms with Gasteiger partial charge in [0.1, 0.15) is 17.4 Å². The first-order chi connectivity index (χ1) is 22.8. The number of rotatable bonds is 12.